The van der Waals surface area contributed by atoms with Crippen LogP contribution in [0.1, 0.15) is 21.5 Å². The fraction of sp³-hybridized carbons (Fsp3) is 0.278. The number of ether oxygens (including phenoxy) is 1. The molecule has 0 bridgehead atoms. The minimum absolute atomic E-state index is 0.0126. The number of carbonyl (C=O) groups is 1. The highest BCUT2D eigenvalue weighted by Crippen LogP contribution is 2.13. The first kappa shape index (κ1) is 17.0. The van der Waals surface area contributed by atoms with Gasteiger partial charge in [0.1, 0.15) is 24.3 Å². The summed E-state index contributed by atoms with van der Waals surface area (Å²) < 4.78 is 18.1. The van der Waals surface area contributed by atoms with Gasteiger partial charge in [-0.1, -0.05) is 12.1 Å². The number of amides is 1. The zero-order valence-electron chi connectivity index (χ0n) is 13.2. The van der Waals surface area contributed by atoms with E-state index in [9.17, 15) is 14.3 Å². The van der Waals surface area contributed by atoms with Crippen molar-refractivity contribution >= 4 is 5.91 Å². The lowest BCUT2D eigenvalue weighted by molar-refractivity contribution is 0.0843. The molecule has 23 heavy (non-hydrogen) atoms. The van der Waals surface area contributed by atoms with Gasteiger partial charge in [-0.3, -0.25) is 4.79 Å². The topological polar surface area (TPSA) is 58.6 Å². The Kier molecular flexibility index (Phi) is 5.71. The molecule has 1 amide bonds. The number of aryl methyl sites for hydroxylation is 1. The molecule has 0 fully saturated rings. The van der Waals surface area contributed by atoms with Gasteiger partial charge in [-0.05, 0) is 55.3 Å². The summed E-state index contributed by atoms with van der Waals surface area (Å²) in [5.74, 6) is -0.114. The molecule has 0 aliphatic carbocycles. The average Bonchev–Trinajstić information content (AvgIpc) is 2.54. The fourth-order valence-corrected chi connectivity index (χ4v) is 2.08. The Labute approximate surface area is 134 Å². The van der Waals surface area contributed by atoms with Crippen molar-refractivity contribution in [2.45, 2.75) is 20.0 Å². The maximum Gasteiger partial charge on any atom is 0.251 e. The molecule has 0 aliphatic rings. The quantitative estimate of drug-likeness (QED) is 0.861. The number of rotatable bonds is 6. The Balaban J connectivity index is 1.81. The third kappa shape index (κ3) is 4.79. The van der Waals surface area contributed by atoms with E-state index in [1.165, 1.54) is 24.3 Å². The molecular formula is C18H20FNO3. The summed E-state index contributed by atoms with van der Waals surface area (Å²) in [6.45, 7) is 3.92. The molecule has 2 aromatic rings. The molecule has 0 spiro atoms. The Hall–Kier alpha value is -2.40. The number of hydrogen-bond donors (Lipinski definition) is 2. The van der Waals surface area contributed by atoms with Crippen LogP contribution >= 0.6 is 0 Å². The van der Waals surface area contributed by atoms with Crippen LogP contribution in [-0.2, 0) is 0 Å². The zero-order chi connectivity index (χ0) is 16.8. The van der Waals surface area contributed by atoms with Crippen LogP contribution in [0.5, 0.6) is 5.75 Å². The maximum atomic E-state index is 12.8. The van der Waals surface area contributed by atoms with E-state index >= 15 is 0 Å². The first-order chi connectivity index (χ1) is 11.0. The number of halogens is 1. The van der Waals surface area contributed by atoms with Gasteiger partial charge >= 0.3 is 0 Å². The molecule has 5 heteroatoms. The summed E-state index contributed by atoms with van der Waals surface area (Å²) in [5.41, 5.74) is 2.55. The van der Waals surface area contributed by atoms with E-state index in [0.717, 1.165) is 11.1 Å². The van der Waals surface area contributed by atoms with E-state index < -0.39 is 6.10 Å². The Morgan fingerprint density at radius 1 is 1.22 bits per heavy atom. The van der Waals surface area contributed by atoms with E-state index in [-0.39, 0.29) is 24.9 Å². The molecular weight excluding hydrogens is 297 g/mol. The standard InChI is InChI=1S/C18H20FNO3/c1-12-4-3-5-17(13(12)2)18(22)20-10-15(21)11-23-16-8-6-14(19)7-9-16/h3-9,15,21H,10-11H2,1-2H3,(H,20,22). The number of carbonyl (C=O) groups excluding carboxylic acids is 1. The highest BCUT2D eigenvalue weighted by molar-refractivity contribution is 5.95. The van der Waals surface area contributed by atoms with Gasteiger partial charge in [0.05, 0.1) is 0 Å². The zero-order valence-corrected chi connectivity index (χ0v) is 13.2. The number of aliphatic hydroxyl groups excluding tert-OH is 1. The van der Waals surface area contributed by atoms with Gasteiger partial charge in [0.25, 0.3) is 5.91 Å². The highest BCUT2D eigenvalue weighted by Gasteiger charge is 2.12. The molecule has 0 aromatic heterocycles. The van der Waals surface area contributed by atoms with Crippen LogP contribution in [-0.4, -0.2) is 30.3 Å². The molecule has 0 aliphatic heterocycles. The lowest BCUT2D eigenvalue weighted by Gasteiger charge is -2.14. The molecule has 2 N–H and O–H groups in total. The van der Waals surface area contributed by atoms with Gasteiger partial charge in [0.2, 0.25) is 0 Å². The van der Waals surface area contributed by atoms with Crippen molar-refractivity contribution in [3.63, 3.8) is 0 Å². The van der Waals surface area contributed by atoms with Crippen LogP contribution in [0, 0.1) is 19.7 Å². The maximum absolute atomic E-state index is 12.8. The predicted octanol–water partition coefficient (Wildman–Crippen LogP) is 2.61. The number of benzene rings is 2. The third-order valence-corrected chi connectivity index (χ3v) is 3.60. The molecule has 122 valence electrons. The number of aliphatic hydroxyl groups is 1. The van der Waals surface area contributed by atoms with Crippen molar-refractivity contribution in [3.8, 4) is 5.75 Å². The fourth-order valence-electron chi connectivity index (χ4n) is 2.08. The second-order valence-electron chi connectivity index (χ2n) is 5.38. The normalized spacial score (nSPS) is 11.8. The van der Waals surface area contributed by atoms with Gasteiger partial charge in [0.15, 0.2) is 0 Å². The van der Waals surface area contributed by atoms with Gasteiger partial charge in [-0.2, -0.15) is 0 Å². The number of nitrogens with one attached hydrogen (secondary N) is 1. The van der Waals surface area contributed by atoms with Crippen molar-refractivity contribution < 1.29 is 19.0 Å². The second-order valence-corrected chi connectivity index (χ2v) is 5.38. The molecule has 1 unspecified atom stereocenters. The SMILES string of the molecule is Cc1cccc(C(=O)NCC(O)COc2ccc(F)cc2)c1C. The van der Waals surface area contributed by atoms with Gasteiger partial charge in [-0.15, -0.1) is 0 Å². The molecule has 0 saturated carbocycles. The molecule has 0 saturated heterocycles. The van der Waals surface area contributed by atoms with Crippen LogP contribution in [0.3, 0.4) is 0 Å². The van der Waals surface area contributed by atoms with Crippen molar-refractivity contribution in [1.82, 2.24) is 5.32 Å². The summed E-state index contributed by atoms with van der Waals surface area (Å²) in [5, 5.41) is 12.6. The first-order valence-corrected chi connectivity index (χ1v) is 7.38. The lowest BCUT2D eigenvalue weighted by atomic mass is 10.0. The van der Waals surface area contributed by atoms with Gasteiger partial charge in [0, 0.05) is 12.1 Å². The van der Waals surface area contributed by atoms with Crippen molar-refractivity contribution in [2.75, 3.05) is 13.2 Å². The minimum Gasteiger partial charge on any atom is -0.491 e. The van der Waals surface area contributed by atoms with Crippen molar-refractivity contribution in [1.29, 1.82) is 0 Å². The average molecular weight is 317 g/mol. The van der Waals surface area contributed by atoms with E-state index in [4.69, 9.17) is 4.74 Å². The third-order valence-electron chi connectivity index (χ3n) is 3.60. The summed E-state index contributed by atoms with van der Waals surface area (Å²) in [6, 6.07) is 11.0. The van der Waals surface area contributed by atoms with Crippen LogP contribution in [0.2, 0.25) is 0 Å². The molecule has 2 aromatic carbocycles. The van der Waals surface area contributed by atoms with Gasteiger partial charge in [-0.25, -0.2) is 4.39 Å². The summed E-state index contributed by atoms with van der Waals surface area (Å²) in [7, 11) is 0. The number of hydrogen-bond acceptors (Lipinski definition) is 3. The predicted molar refractivity (Wildman–Crippen MR) is 86.2 cm³/mol. The van der Waals surface area contributed by atoms with E-state index in [1.807, 2.05) is 26.0 Å². The minimum atomic E-state index is -0.853. The molecule has 0 heterocycles. The van der Waals surface area contributed by atoms with Crippen LogP contribution in [0.25, 0.3) is 0 Å². The van der Waals surface area contributed by atoms with E-state index in [1.54, 1.807) is 6.07 Å². The summed E-state index contributed by atoms with van der Waals surface area (Å²) >= 11 is 0. The van der Waals surface area contributed by atoms with Crippen LogP contribution in [0.4, 0.5) is 4.39 Å². The van der Waals surface area contributed by atoms with Gasteiger partial charge < -0.3 is 15.2 Å². The van der Waals surface area contributed by atoms with E-state index in [2.05, 4.69) is 5.32 Å². The van der Waals surface area contributed by atoms with E-state index in [0.29, 0.717) is 11.3 Å². The smallest absolute Gasteiger partial charge is 0.251 e. The molecule has 2 rings (SSSR count). The Morgan fingerprint density at radius 2 is 1.91 bits per heavy atom. The van der Waals surface area contributed by atoms with Crippen LogP contribution < -0.4 is 10.1 Å². The second kappa shape index (κ2) is 7.74. The monoisotopic (exact) mass is 317 g/mol. The largest absolute Gasteiger partial charge is 0.491 e. The summed E-state index contributed by atoms with van der Waals surface area (Å²) in [4.78, 5) is 12.1. The molecule has 4 nitrogen and oxygen atoms in total. The van der Waals surface area contributed by atoms with Crippen molar-refractivity contribution in [3.05, 3.63) is 65.0 Å². The van der Waals surface area contributed by atoms with Crippen LogP contribution in [0.15, 0.2) is 42.5 Å². The van der Waals surface area contributed by atoms with Crippen molar-refractivity contribution in [2.24, 2.45) is 0 Å². The Bertz CT molecular complexity index is 670. The Morgan fingerprint density at radius 3 is 2.61 bits per heavy atom. The lowest BCUT2D eigenvalue weighted by Crippen LogP contribution is -2.35. The molecule has 1 atom stereocenters. The summed E-state index contributed by atoms with van der Waals surface area (Å²) in [6.07, 6.45) is -0.853. The molecule has 0 radical (unpaired) electrons. The highest BCUT2D eigenvalue weighted by atomic mass is 19.1. The first-order valence-electron chi connectivity index (χ1n) is 7.38.